The van der Waals surface area contributed by atoms with Crippen LogP contribution in [0.2, 0.25) is 5.02 Å². The molecule has 3 aromatic rings. The summed E-state index contributed by atoms with van der Waals surface area (Å²) >= 11 is 6.11. The molecule has 5 rings (SSSR count). The molecule has 5 heteroatoms. The first-order valence-electron chi connectivity index (χ1n) is 8.56. The molecule has 2 aromatic carbocycles. The number of halogens is 1. The molecule has 2 unspecified atom stereocenters. The molecule has 25 heavy (non-hydrogen) atoms. The number of anilines is 1. The van der Waals surface area contributed by atoms with Crippen LogP contribution in [0.5, 0.6) is 0 Å². The topological polar surface area (TPSA) is 54.9 Å². The van der Waals surface area contributed by atoms with Crippen molar-refractivity contribution < 1.29 is 4.79 Å². The molecule has 0 spiro atoms. The number of para-hydroxylation sites is 1. The van der Waals surface area contributed by atoms with Gasteiger partial charge < -0.3 is 5.32 Å². The minimum Gasteiger partial charge on any atom is -0.321 e. The molecule has 2 aliphatic rings. The van der Waals surface area contributed by atoms with Gasteiger partial charge in [0.1, 0.15) is 0 Å². The van der Waals surface area contributed by atoms with Crippen LogP contribution in [0.15, 0.2) is 42.5 Å². The van der Waals surface area contributed by atoms with Crippen molar-refractivity contribution >= 4 is 34.2 Å². The summed E-state index contributed by atoms with van der Waals surface area (Å²) in [7, 11) is 0. The number of rotatable bonds is 2. The number of nitrogens with zero attached hydrogens (tertiary/aromatic N) is 2. The maximum Gasteiger partial charge on any atom is 0.255 e. The van der Waals surface area contributed by atoms with Gasteiger partial charge in [-0.1, -0.05) is 23.7 Å². The van der Waals surface area contributed by atoms with E-state index in [1.54, 1.807) is 18.2 Å². The van der Waals surface area contributed by atoms with E-state index in [2.05, 4.69) is 5.32 Å². The Hall–Kier alpha value is -2.46. The Bertz CT molecular complexity index is 1020. The Morgan fingerprint density at radius 1 is 1.00 bits per heavy atom. The minimum atomic E-state index is -0.196. The fourth-order valence-electron chi connectivity index (χ4n) is 4.06. The zero-order valence-electron chi connectivity index (χ0n) is 13.5. The second-order valence-electron chi connectivity index (χ2n) is 6.84. The Balaban J connectivity index is 1.50. The molecule has 1 fully saturated rings. The summed E-state index contributed by atoms with van der Waals surface area (Å²) in [5, 5.41) is 3.37. The molecule has 0 radical (unpaired) electrons. The SMILES string of the molecule is O=C(Nc1ccccc1Cl)c1ccc2nc3c(nc2c1)C1CCC3C1. The van der Waals surface area contributed by atoms with E-state index in [9.17, 15) is 4.79 Å². The molecular formula is C20H16ClN3O. The zero-order valence-corrected chi connectivity index (χ0v) is 14.3. The Morgan fingerprint density at radius 2 is 1.72 bits per heavy atom. The number of carbonyl (C=O) groups is 1. The van der Waals surface area contributed by atoms with Gasteiger partial charge in [-0.15, -0.1) is 0 Å². The molecule has 4 nitrogen and oxygen atoms in total. The van der Waals surface area contributed by atoms with Gasteiger partial charge in [-0.05, 0) is 49.6 Å². The highest BCUT2D eigenvalue weighted by Gasteiger charge is 2.39. The lowest BCUT2D eigenvalue weighted by atomic mass is 10.00. The predicted molar refractivity (Wildman–Crippen MR) is 98.3 cm³/mol. The third-order valence-corrected chi connectivity index (χ3v) is 5.64. The van der Waals surface area contributed by atoms with E-state index in [4.69, 9.17) is 21.6 Å². The monoisotopic (exact) mass is 349 g/mol. The van der Waals surface area contributed by atoms with Crippen molar-refractivity contribution in [3.63, 3.8) is 0 Å². The molecule has 0 saturated heterocycles. The Labute approximate surface area is 150 Å². The second kappa shape index (κ2) is 5.53. The van der Waals surface area contributed by atoms with Gasteiger partial charge in [-0.25, -0.2) is 9.97 Å². The standard InChI is InChI=1S/C20H16ClN3O/c21-14-3-1-2-4-15(14)24-20(25)13-7-8-16-17(10-13)23-19-12-6-5-11(9-12)18(19)22-16/h1-4,7-8,10-12H,5-6,9H2,(H,24,25). The van der Waals surface area contributed by atoms with E-state index >= 15 is 0 Å². The van der Waals surface area contributed by atoms with Crippen LogP contribution in [0.1, 0.15) is 52.8 Å². The molecule has 1 aromatic heterocycles. The molecule has 2 atom stereocenters. The van der Waals surface area contributed by atoms with Crippen LogP contribution < -0.4 is 5.32 Å². The zero-order chi connectivity index (χ0) is 17.0. The van der Waals surface area contributed by atoms with Gasteiger partial charge in [0, 0.05) is 17.4 Å². The first-order valence-corrected chi connectivity index (χ1v) is 8.94. The number of amides is 1. The van der Waals surface area contributed by atoms with Crippen molar-refractivity contribution in [1.82, 2.24) is 9.97 Å². The molecule has 1 amide bonds. The molecule has 0 aliphatic heterocycles. The molecular weight excluding hydrogens is 334 g/mol. The van der Waals surface area contributed by atoms with E-state index in [0.717, 1.165) is 16.7 Å². The normalized spacial score (nSPS) is 20.7. The van der Waals surface area contributed by atoms with E-state index in [1.807, 2.05) is 24.3 Å². The summed E-state index contributed by atoms with van der Waals surface area (Å²) in [4.78, 5) is 22.2. The van der Waals surface area contributed by atoms with Gasteiger partial charge >= 0.3 is 0 Å². The third-order valence-electron chi connectivity index (χ3n) is 5.31. The predicted octanol–water partition coefficient (Wildman–Crippen LogP) is 4.90. The fourth-order valence-corrected chi connectivity index (χ4v) is 4.24. The highest BCUT2D eigenvalue weighted by molar-refractivity contribution is 6.33. The summed E-state index contributed by atoms with van der Waals surface area (Å²) in [6, 6.07) is 12.7. The second-order valence-corrected chi connectivity index (χ2v) is 7.25. The van der Waals surface area contributed by atoms with E-state index < -0.39 is 0 Å². The lowest BCUT2D eigenvalue weighted by molar-refractivity contribution is 0.102. The lowest BCUT2D eigenvalue weighted by Gasteiger charge is -2.14. The van der Waals surface area contributed by atoms with E-state index in [0.29, 0.717) is 28.1 Å². The number of hydrogen-bond acceptors (Lipinski definition) is 3. The highest BCUT2D eigenvalue weighted by Crippen LogP contribution is 2.51. The molecule has 2 aliphatic carbocycles. The van der Waals surface area contributed by atoms with Crippen LogP contribution >= 0.6 is 11.6 Å². The van der Waals surface area contributed by atoms with Crippen molar-refractivity contribution in [2.75, 3.05) is 5.32 Å². The van der Waals surface area contributed by atoms with Crippen molar-refractivity contribution in [3.05, 3.63) is 64.4 Å². The van der Waals surface area contributed by atoms with Gasteiger partial charge in [0.25, 0.3) is 5.91 Å². The average molecular weight is 350 g/mol. The summed E-state index contributed by atoms with van der Waals surface area (Å²) in [6.45, 7) is 0. The molecule has 1 saturated carbocycles. The first kappa shape index (κ1) is 14.8. The van der Waals surface area contributed by atoms with Crippen molar-refractivity contribution in [2.24, 2.45) is 0 Å². The van der Waals surface area contributed by atoms with Crippen molar-refractivity contribution in [1.29, 1.82) is 0 Å². The van der Waals surface area contributed by atoms with Crippen molar-refractivity contribution in [2.45, 2.75) is 31.1 Å². The maximum atomic E-state index is 12.6. The number of fused-ring (bicyclic) bond motifs is 6. The highest BCUT2D eigenvalue weighted by atomic mass is 35.5. The molecule has 124 valence electrons. The van der Waals surface area contributed by atoms with Gasteiger partial charge in [0.15, 0.2) is 0 Å². The number of benzene rings is 2. The summed E-state index contributed by atoms with van der Waals surface area (Å²) in [5.74, 6) is 0.941. The quantitative estimate of drug-likeness (QED) is 0.715. The van der Waals surface area contributed by atoms with Gasteiger partial charge in [-0.3, -0.25) is 4.79 Å². The van der Waals surface area contributed by atoms with Crippen LogP contribution in [0.3, 0.4) is 0 Å². The lowest BCUT2D eigenvalue weighted by Crippen LogP contribution is -2.12. The maximum absolute atomic E-state index is 12.6. The third kappa shape index (κ3) is 2.40. The van der Waals surface area contributed by atoms with Gasteiger partial charge in [-0.2, -0.15) is 0 Å². The average Bonchev–Trinajstić information content (AvgIpc) is 3.23. The number of aromatic nitrogens is 2. The first-order chi connectivity index (χ1) is 12.2. The fraction of sp³-hybridized carbons (Fsp3) is 0.250. The van der Waals surface area contributed by atoms with E-state index in [1.165, 1.54) is 25.0 Å². The Morgan fingerprint density at radius 3 is 2.48 bits per heavy atom. The summed E-state index contributed by atoms with van der Waals surface area (Å²) < 4.78 is 0. The van der Waals surface area contributed by atoms with Gasteiger partial charge in [0.05, 0.1) is 33.1 Å². The summed E-state index contributed by atoms with van der Waals surface area (Å²) in [5.41, 5.74) is 5.14. The molecule has 1 N–H and O–H groups in total. The minimum absolute atomic E-state index is 0.196. The largest absolute Gasteiger partial charge is 0.321 e. The van der Waals surface area contributed by atoms with Crippen LogP contribution in [-0.2, 0) is 0 Å². The van der Waals surface area contributed by atoms with Crippen LogP contribution in [0.4, 0.5) is 5.69 Å². The van der Waals surface area contributed by atoms with Crippen molar-refractivity contribution in [3.8, 4) is 0 Å². The number of carbonyl (C=O) groups excluding carboxylic acids is 1. The Kier molecular flexibility index (Phi) is 3.28. The van der Waals surface area contributed by atoms with Gasteiger partial charge in [0.2, 0.25) is 0 Å². The van der Waals surface area contributed by atoms with Crippen LogP contribution in [0, 0.1) is 0 Å². The van der Waals surface area contributed by atoms with Crippen LogP contribution in [0.25, 0.3) is 11.0 Å². The molecule has 1 heterocycles. The molecule has 2 bridgehead atoms. The van der Waals surface area contributed by atoms with Crippen LogP contribution in [-0.4, -0.2) is 15.9 Å². The number of nitrogens with one attached hydrogen (secondary N) is 1. The smallest absolute Gasteiger partial charge is 0.255 e. The summed E-state index contributed by atoms with van der Waals surface area (Å²) in [6.07, 6.45) is 3.63. The number of hydrogen-bond donors (Lipinski definition) is 1. The van der Waals surface area contributed by atoms with E-state index in [-0.39, 0.29) is 5.91 Å².